The van der Waals surface area contributed by atoms with Crippen LogP contribution in [-0.2, 0) is 44.8 Å². The first-order valence-electron chi connectivity index (χ1n) is 17.4. The molecule has 1 aliphatic carbocycles. The molecule has 1 aliphatic rings. The second-order valence-electron chi connectivity index (χ2n) is 13.4. The smallest absolute Gasteiger partial charge is 0.308 e. The summed E-state index contributed by atoms with van der Waals surface area (Å²) < 4.78 is 56.1. The van der Waals surface area contributed by atoms with E-state index in [1.54, 1.807) is 19.1 Å². The summed E-state index contributed by atoms with van der Waals surface area (Å²) in [6, 6.07) is 7.65. The summed E-state index contributed by atoms with van der Waals surface area (Å²) in [6.07, 6.45) is 11.5. The van der Waals surface area contributed by atoms with Crippen LogP contribution in [-0.4, -0.2) is 123 Å². The second-order valence-corrected chi connectivity index (χ2v) is 17.4. The minimum atomic E-state index is -3.96. The normalized spacial score (nSPS) is 17.0. The van der Waals surface area contributed by atoms with Crippen LogP contribution in [0.5, 0.6) is 0 Å². The van der Waals surface area contributed by atoms with E-state index >= 15 is 0 Å². The van der Waals surface area contributed by atoms with Crippen molar-refractivity contribution in [1.29, 1.82) is 0 Å². The van der Waals surface area contributed by atoms with Gasteiger partial charge in [-0.15, -0.1) is 0 Å². The quantitative estimate of drug-likeness (QED) is 0.203. The van der Waals surface area contributed by atoms with Crippen LogP contribution in [0.15, 0.2) is 49.1 Å². The van der Waals surface area contributed by atoms with Crippen molar-refractivity contribution < 1.29 is 26.4 Å². The zero-order valence-electron chi connectivity index (χ0n) is 30.8. The van der Waals surface area contributed by atoms with Crippen molar-refractivity contribution in [3.8, 4) is 0 Å². The van der Waals surface area contributed by atoms with Crippen molar-refractivity contribution in [3.63, 3.8) is 0 Å². The highest BCUT2D eigenvalue weighted by Gasteiger charge is 2.31. The van der Waals surface area contributed by atoms with Crippen LogP contribution in [0.25, 0.3) is 0 Å². The molecule has 1 fully saturated rings. The molecule has 2 heterocycles. The Kier molecular flexibility index (Phi) is 13.6. The van der Waals surface area contributed by atoms with Crippen LogP contribution in [0.4, 0.5) is 0 Å². The summed E-state index contributed by atoms with van der Waals surface area (Å²) in [5.74, 6) is -0.362. The maximum Gasteiger partial charge on any atom is 0.308 e. The first kappa shape index (κ1) is 40.1. The minimum Gasteiger partial charge on any atom is -0.336 e. The minimum absolute atomic E-state index is 0.00936. The van der Waals surface area contributed by atoms with Crippen molar-refractivity contribution in [2.45, 2.75) is 91.0 Å². The van der Waals surface area contributed by atoms with Gasteiger partial charge in [0, 0.05) is 84.1 Å². The van der Waals surface area contributed by atoms with E-state index < -0.39 is 26.3 Å². The summed E-state index contributed by atoms with van der Waals surface area (Å²) >= 11 is 0. The fourth-order valence-corrected chi connectivity index (χ4v) is 8.46. The molecule has 0 spiro atoms. The Balaban J connectivity index is 1.57. The summed E-state index contributed by atoms with van der Waals surface area (Å²) in [7, 11) is -2.37. The third-order valence-electron chi connectivity index (χ3n) is 9.34. The molecule has 0 radical (unpaired) electrons. The van der Waals surface area contributed by atoms with Crippen LogP contribution in [0.1, 0.15) is 86.9 Å². The van der Waals surface area contributed by atoms with E-state index in [4.69, 9.17) is 0 Å². The van der Waals surface area contributed by atoms with Gasteiger partial charge in [-0.3, -0.25) is 9.59 Å². The van der Waals surface area contributed by atoms with E-state index in [0.29, 0.717) is 18.2 Å². The Morgan fingerprint density at radius 1 is 0.725 bits per heavy atom. The van der Waals surface area contributed by atoms with Crippen molar-refractivity contribution >= 4 is 32.2 Å². The third-order valence-corrected chi connectivity index (χ3v) is 12.8. The summed E-state index contributed by atoms with van der Waals surface area (Å²) in [6.45, 7) is 8.11. The number of aromatic nitrogens is 4. The number of carbonyl (C=O) groups is 2. The van der Waals surface area contributed by atoms with Crippen LogP contribution in [0, 0.1) is 0 Å². The molecule has 0 saturated heterocycles. The molecule has 1 saturated carbocycles. The SMILES string of the molecule is CCCN(CCC)C1CCC(N(Cc2ccc(C(=O)N(Cc3nccn3S(=O)(=O)N(C)C)Cc3nccn3S(=O)(=O)N(C)C)cc2)C(C)=O)CC1. The molecule has 0 unspecified atom stereocenters. The van der Waals surface area contributed by atoms with Crippen LogP contribution < -0.4 is 0 Å². The third kappa shape index (κ3) is 9.43. The van der Waals surface area contributed by atoms with Gasteiger partial charge in [0.2, 0.25) is 5.91 Å². The molecular weight excluding hydrogens is 695 g/mol. The Bertz CT molecular complexity index is 1750. The molecule has 1 aromatic carbocycles. The predicted octanol–water partition coefficient (Wildman–Crippen LogP) is 3.01. The monoisotopic (exact) mass is 747 g/mol. The van der Waals surface area contributed by atoms with E-state index in [9.17, 15) is 26.4 Å². The van der Waals surface area contributed by atoms with Crippen molar-refractivity contribution in [2.75, 3.05) is 41.3 Å². The maximum atomic E-state index is 14.1. The Morgan fingerprint density at radius 2 is 1.18 bits per heavy atom. The lowest BCUT2D eigenvalue weighted by Gasteiger charge is -2.40. The summed E-state index contributed by atoms with van der Waals surface area (Å²) in [5.41, 5.74) is 1.16. The molecular formula is C34H53N9O6S2. The van der Waals surface area contributed by atoms with Gasteiger partial charge in [0.05, 0.1) is 13.1 Å². The first-order chi connectivity index (χ1) is 24.1. The zero-order chi connectivity index (χ0) is 37.5. The molecule has 3 aromatic rings. The Labute approximate surface area is 303 Å². The summed E-state index contributed by atoms with van der Waals surface area (Å²) in [5, 5.41) is 0. The second kappa shape index (κ2) is 17.3. The number of hydrogen-bond acceptors (Lipinski definition) is 9. The number of carbonyl (C=O) groups excluding carboxylic acids is 2. The Morgan fingerprint density at radius 3 is 1.59 bits per heavy atom. The van der Waals surface area contributed by atoms with Gasteiger partial charge in [0.15, 0.2) is 0 Å². The lowest BCUT2D eigenvalue weighted by Crippen LogP contribution is -2.45. The van der Waals surface area contributed by atoms with Gasteiger partial charge in [0.1, 0.15) is 11.6 Å². The lowest BCUT2D eigenvalue weighted by molar-refractivity contribution is -0.132. The topological polar surface area (TPSA) is 154 Å². The van der Waals surface area contributed by atoms with E-state index in [2.05, 4.69) is 28.7 Å². The molecule has 17 heteroatoms. The number of amides is 2. The number of nitrogens with zero attached hydrogens (tertiary/aromatic N) is 9. The van der Waals surface area contributed by atoms with Crippen LogP contribution >= 0.6 is 0 Å². The van der Waals surface area contributed by atoms with Crippen molar-refractivity contribution in [1.82, 2.24) is 41.2 Å². The largest absolute Gasteiger partial charge is 0.336 e. The average molecular weight is 748 g/mol. The molecule has 2 aromatic heterocycles. The molecule has 51 heavy (non-hydrogen) atoms. The van der Waals surface area contributed by atoms with Gasteiger partial charge < -0.3 is 14.7 Å². The fraction of sp³-hybridized carbons (Fsp3) is 0.588. The van der Waals surface area contributed by atoms with Gasteiger partial charge in [-0.1, -0.05) is 26.0 Å². The molecule has 0 aliphatic heterocycles. The highest BCUT2D eigenvalue weighted by molar-refractivity contribution is 7.87. The molecule has 282 valence electrons. The highest BCUT2D eigenvalue weighted by atomic mass is 32.2. The molecule has 2 amide bonds. The number of imidazole rings is 2. The van der Waals surface area contributed by atoms with Crippen molar-refractivity contribution in [2.24, 2.45) is 0 Å². The van der Waals surface area contributed by atoms with E-state index in [-0.39, 0.29) is 36.7 Å². The highest BCUT2D eigenvalue weighted by Crippen LogP contribution is 2.28. The van der Waals surface area contributed by atoms with E-state index in [1.165, 1.54) is 57.9 Å². The van der Waals surface area contributed by atoms with Crippen LogP contribution in [0.3, 0.4) is 0 Å². The number of hydrogen-bond donors (Lipinski definition) is 0. The maximum absolute atomic E-state index is 14.1. The Hall–Kier alpha value is -3.64. The van der Waals surface area contributed by atoms with E-state index in [0.717, 1.165) is 73.7 Å². The van der Waals surface area contributed by atoms with Crippen molar-refractivity contribution in [3.05, 3.63) is 71.8 Å². The molecule has 4 rings (SSSR count). The van der Waals surface area contributed by atoms with E-state index in [1.807, 2.05) is 17.0 Å². The fourth-order valence-electron chi connectivity index (χ4n) is 6.60. The average Bonchev–Trinajstić information content (AvgIpc) is 3.77. The predicted molar refractivity (Wildman–Crippen MR) is 195 cm³/mol. The van der Waals surface area contributed by atoms with Gasteiger partial charge in [-0.2, -0.15) is 25.4 Å². The summed E-state index contributed by atoms with van der Waals surface area (Å²) in [4.78, 5) is 41.3. The zero-order valence-corrected chi connectivity index (χ0v) is 32.5. The van der Waals surface area contributed by atoms with Gasteiger partial charge in [-0.05, 0) is 69.3 Å². The van der Waals surface area contributed by atoms with Crippen LogP contribution in [0.2, 0.25) is 0 Å². The standard InChI is InChI=1S/C34H53N9O6S2/c1-8-20-39(21-9-2)30-14-16-31(17-15-30)41(27(3)44)24-28-10-12-29(13-11-28)34(45)40(25-32-35-18-22-42(32)50(46,47)37(4)5)26-33-36-19-23-43(33)51(48,49)38(6)7/h10-13,18-19,22-23,30-31H,8-9,14-17,20-21,24-26H2,1-7H3. The van der Waals surface area contributed by atoms with Gasteiger partial charge in [0.25, 0.3) is 5.91 Å². The van der Waals surface area contributed by atoms with Gasteiger partial charge >= 0.3 is 20.4 Å². The molecule has 15 nitrogen and oxygen atoms in total. The molecule has 0 atom stereocenters. The number of rotatable bonds is 17. The molecule has 0 bridgehead atoms. The lowest BCUT2D eigenvalue weighted by atomic mass is 9.88. The number of benzene rings is 1. The first-order valence-corrected chi connectivity index (χ1v) is 20.2. The van der Waals surface area contributed by atoms with Gasteiger partial charge in [-0.25, -0.2) is 17.9 Å². The molecule has 0 N–H and O–H groups in total.